The SMILES string of the molecule is CC1(C)O[C@H]2O[C@H]([C@@H]3[C@H](Oc4ccccc4)C(=O)N3C/C=C/c3ccccc3)[C@@H](I)[C@H]2O1. The van der Waals surface area contributed by atoms with E-state index >= 15 is 0 Å². The molecule has 0 aromatic heterocycles. The Morgan fingerprint density at radius 3 is 2.41 bits per heavy atom. The number of amides is 1. The van der Waals surface area contributed by atoms with Crippen LogP contribution in [0.3, 0.4) is 0 Å². The van der Waals surface area contributed by atoms with Crippen molar-refractivity contribution in [2.75, 3.05) is 6.54 Å². The highest BCUT2D eigenvalue weighted by atomic mass is 127. The monoisotopic (exact) mass is 547 g/mol. The molecule has 6 nitrogen and oxygen atoms in total. The molecule has 168 valence electrons. The number of rotatable bonds is 6. The minimum absolute atomic E-state index is 0.0277. The van der Waals surface area contributed by atoms with E-state index in [1.807, 2.05) is 91.6 Å². The van der Waals surface area contributed by atoms with Gasteiger partial charge in [0.05, 0.1) is 10.0 Å². The molecule has 3 aliphatic heterocycles. The molecular weight excluding hydrogens is 521 g/mol. The highest BCUT2D eigenvalue weighted by Crippen LogP contribution is 2.45. The van der Waals surface area contributed by atoms with Crippen molar-refractivity contribution in [3.63, 3.8) is 0 Å². The lowest BCUT2D eigenvalue weighted by Gasteiger charge is -2.49. The molecule has 7 heteroatoms. The normalized spacial score (nSPS) is 33.3. The predicted molar refractivity (Wildman–Crippen MR) is 128 cm³/mol. The van der Waals surface area contributed by atoms with Crippen molar-refractivity contribution in [2.45, 2.75) is 54.2 Å². The molecule has 0 N–H and O–H groups in total. The zero-order valence-electron chi connectivity index (χ0n) is 18.0. The second kappa shape index (κ2) is 8.78. The summed E-state index contributed by atoms with van der Waals surface area (Å²) >= 11 is 2.36. The lowest BCUT2D eigenvalue weighted by Crippen LogP contribution is -2.72. The van der Waals surface area contributed by atoms with E-state index in [2.05, 4.69) is 22.6 Å². The van der Waals surface area contributed by atoms with Crippen LogP contribution in [0.25, 0.3) is 6.08 Å². The zero-order valence-corrected chi connectivity index (χ0v) is 20.1. The maximum atomic E-state index is 13.1. The van der Waals surface area contributed by atoms with Gasteiger partial charge in [-0.05, 0) is 31.5 Å². The molecule has 3 aliphatic rings. The van der Waals surface area contributed by atoms with Gasteiger partial charge in [0.25, 0.3) is 5.91 Å². The van der Waals surface area contributed by atoms with Crippen LogP contribution in [0.5, 0.6) is 5.75 Å². The van der Waals surface area contributed by atoms with Crippen LogP contribution in [0.4, 0.5) is 0 Å². The van der Waals surface area contributed by atoms with Gasteiger partial charge < -0.3 is 23.8 Å². The van der Waals surface area contributed by atoms with Gasteiger partial charge in [-0.15, -0.1) is 0 Å². The molecule has 0 unspecified atom stereocenters. The Labute approximate surface area is 201 Å². The zero-order chi connectivity index (χ0) is 22.3. The van der Waals surface area contributed by atoms with E-state index in [4.69, 9.17) is 18.9 Å². The largest absolute Gasteiger partial charge is 0.478 e. The molecule has 3 fully saturated rings. The summed E-state index contributed by atoms with van der Waals surface area (Å²) in [5.41, 5.74) is 1.09. The van der Waals surface area contributed by atoms with E-state index in [1.54, 1.807) is 0 Å². The lowest BCUT2D eigenvalue weighted by molar-refractivity contribution is -0.220. The second-order valence-electron chi connectivity index (χ2n) is 8.66. The number of nitrogens with zero attached hydrogens (tertiary/aromatic N) is 1. The third-order valence-electron chi connectivity index (χ3n) is 5.96. The van der Waals surface area contributed by atoms with Crippen molar-refractivity contribution >= 4 is 34.6 Å². The number of hydrogen-bond acceptors (Lipinski definition) is 5. The molecule has 0 saturated carbocycles. The van der Waals surface area contributed by atoms with Crippen LogP contribution < -0.4 is 4.74 Å². The van der Waals surface area contributed by atoms with Crippen molar-refractivity contribution in [2.24, 2.45) is 0 Å². The Bertz CT molecular complexity index is 982. The quantitative estimate of drug-likeness (QED) is 0.311. The summed E-state index contributed by atoms with van der Waals surface area (Å²) in [5.74, 6) is -0.0350. The molecule has 3 heterocycles. The van der Waals surface area contributed by atoms with Crippen molar-refractivity contribution < 1.29 is 23.7 Å². The molecule has 5 rings (SSSR count). The Morgan fingerprint density at radius 2 is 1.72 bits per heavy atom. The van der Waals surface area contributed by atoms with Crippen LogP contribution >= 0.6 is 22.6 Å². The van der Waals surface area contributed by atoms with Gasteiger partial charge in [0.1, 0.15) is 17.9 Å². The maximum absolute atomic E-state index is 13.1. The van der Waals surface area contributed by atoms with E-state index in [9.17, 15) is 4.79 Å². The van der Waals surface area contributed by atoms with E-state index in [0.717, 1.165) is 5.56 Å². The molecule has 2 aromatic rings. The predicted octanol–water partition coefficient (Wildman–Crippen LogP) is 4.04. The number of likely N-dealkylation sites (tertiary alicyclic amines) is 1. The van der Waals surface area contributed by atoms with E-state index in [-0.39, 0.29) is 28.1 Å². The van der Waals surface area contributed by atoms with Gasteiger partial charge in [-0.3, -0.25) is 4.79 Å². The molecule has 32 heavy (non-hydrogen) atoms. The number of hydrogen-bond donors (Lipinski definition) is 0. The van der Waals surface area contributed by atoms with Crippen LogP contribution in [0, 0.1) is 0 Å². The standard InChI is InChI=1S/C25H26INO5/c1-25(2)31-21-18(26)20(30-24(21)32-25)19-22(29-17-13-7-4-8-14-17)23(28)27(19)15-9-12-16-10-5-3-6-11-16/h3-14,18-22,24H,15H2,1-2H3/b12-9+/t18-,19-,20+,21-,22+,24-/m1/s1. The van der Waals surface area contributed by atoms with Gasteiger partial charge in [0.15, 0.2) is 18.2 Å². The van der Waals surface area contributed by atoms with Crippen LogP contribution in [0.2, 0.25) is 0 Å². The fourth-order valence-corrected chi connectivity index (χ4v) is 5.58. The first-order chi connectivity index (χ1) is 15.4. The highest BCUT2D eigenvalue weighted by molar-refractivity contribution is 14.1. The third-order valence-corrected chi connectivity index (χ3v) is 7.38. The lowest BCUT2D eigenvalue weighted by atomic mass is 9.90. The van der Waals surface area contributed by atoms with Gasteiger partial charge in [0.2, 0.25) is 0 Å². The highest BCUT2D eigenvalue weighted by Gasteiger charge is 2.62. The first kappa shape index (κ1) is 21.9. The number of carbonyl (C=O) groups is 1. The Kier molecular flexibility index (Phi) is 6.00. The van der Waals surface area contributed by atoms with Gasteiger partial charge in [-0.2, -0.15) is 0 Å². The molecule has 0 bridgehead atoms. The van der Waals surface area contributed by atoms with E-state index in [1.165, 1.54) is 0 Å². The smallest absolute Gasteiger partial charge is 0.266 e. The number of halogens is 1. The van der Waals surface area contributed by atoms with Crippen molar-refractivity contribution in [3.8, 4) is 5.75 Å². The number of benzene rings is 2. The van der Waals surface area contributed by atoms with Crippen LogP contribution in [0.1, 0.15) is 19.4 Å². The minimum atomic E-state index is -0.669. The molecule has 6 atom stereocenters. The van der Waals surface area contributed by atoms with Crippen LogP contribution in [-0.2, 0) is 19.0 Å². The Balaban J connectivity index is 1.34. The molecule has 1 amide bonds. The van der Waals surface area contributed by atoms with E-state index < -0.39 is 18.2 Å². The number of ether oxygens (including phenoxy) is 4. The Hall–Kier alpha value is -1.94. The summed E-state index contributed by atoms with van der Waals surface area (Å²) in [6.45, 7) is 4.27. The topological polar surface area (TPSA) is 57.2 Å². The first-order valence-electron chi connectivity index (χ1n) is 10.8. The molecule has 0 radical (unpaired) electrons. The molecular formula is C25H26INO5. The summed E-state index contributed by atoms with van der Waals surface area (Å²) in [4.78, 5) is 14.9. The fraction of sp³-hybridized carbons (Fsp3) is 0.400. The van der Waals surface area contributed by atoms with E-state index in [0.29, 0.717) is 12.3 Å². The number of fused-ring (bicyclic) bond motifs is 1. The average Bonchev–Trinajstić information content (AvgIpc) is 3.25. The second-order valence-corrected chi connectivity index (χ2v) is 10.1. The average molecular weight is 547 g/mol. The molecule has 0 aliphatic carbocycles. The minimum Gasteiger partial charge on any atom is -0.478 e. The van der Waals surface area contributed by atoms with Crippen molar-refractivity contribution in [1.29, 1.82) is 0 Å². The third kappa shape index (κ3) is 4.19. The van der Waals surface area contributed by atoms with Gasteiger partial charge >= 0.3 is 0 Å². The van der Waals surface area contributed by atoms with Crippen LogP contribution in [0.15, 0.2) is 66.7 Å². The molecule has 0 spiro atoms. The number of para-hydroxylation sites is 1. The van der Waals surface area contributed by atoms with Gasteiger partial charge in [0, 0.05) is 6.54 Å². The maximum Gasteiger partial charge on any atom is 0.266 e. The Morgan fingerprint density at radius 1 is 1.03 bits per heavy atom. The number of β-lactam (4-membered cyclic amide) rings is 1. The van der Waals surface area contributed by atoms with Gasteiger partial charge in [-0.25, -0.2) is 0 Å². The summed E-state index contributed by atoms with van der Waals surface area (Å²) in [5, 5.41) is 0. The summed E-state index contributed by atoms with van der Waals surface area (Å²) < 4.78 is 24.5. The van der Waals surface area contributed by atoms with Gasteiger partial charge in [-0.1, -0.05) is 83.3 Å². The number of carbonyl (C=O) groups excluding carboxylic acids is 1. The summed E-state index contributed by atoms with van der Waals surface area (Å²) in [7, 11) is 0. The number of alkyl halides is 1. The first-order valence-corrected chi connectivity index (χ1v) is 12.1. The van der Waals surface area contributed by atoms with Crippen molar-refractivity contribution in [1.82, 2.24) is 4.90 Å². The summed E-state index contributed by atoms with van der Waals surface area (Å²) in [6.07, 6.45) is 2.57. The molecule has 3 saturated heterocycles. The molecule has 2 aromatic carbocycles. The van der Waals surface area contributed by atoms with Crippen molar-refractivity contribution in [3.05, 3.63) is 72.3 Å². The summed E-state index contributed by atoms with van der Waals surface area (Å²) in [6, 6.07) is 19.3. The fourth-order valence-electron chi connectivity index (χ4n) is 4.50. The van der Waals surface area contributed by atoms with Crippen LogP contribution in [-0.4, -0.2) is 57.7 Å².